The summed E-state index contributed by atoms with van der Waals surface area (Å²) >= 11 is 0. The Morgan fingerprint density at radius 3 is 2.93 bits per heavy atom. The predicted octanol–water partition coefficient (Wildman–Crippen LogP) is 1.22. The van der Waals surface area contributed by atoms with Crippen LogP contribution in [0.1, 0.15) is 33.6 Å². The summed E-state index contributed by atoms with van der Waals surface area (Å²) in [6.45, 7) is 10.3. The Morgan fingerprint density at radius 1 is 1.57 bits per heavy atom. The van der Waals surface area contributed by atoms with Crippen LogP contribution in [0.3, 0.4) is 0 Å². The molecule has 14 heavy (non-hydrogen) atoms. The minimum Gasteiger partial charge on any atom is -0.380 e. The zero-order valence-electron chi connectivity index (χ0n) is 9.75. The summed E-state index contributed by atoms with van der Waals surface area (Å²) in [6.07, 6.45) is 2.15. The summed E-state index contributed by atoms with van der Waals surface area (Å²) in [7, 11) is 0. The second-order valence-corrected chi connectivity index (χ2v) is 4.76. The zero-order chi connectivity index (χ0) is 10.6. The predicted molar refractivity (Wildman–Crippen MR) is 59.4 cm³/mol. The molecule has 3 nitrogen and oxygen atoms in total. The molecule has 0 radical (unpaired) electrons. The van der Waals surface area contributed by atoms with Crippen LogP contribution in [0.2, 0.25) is 0 Å². The molecule has 2 unspecified atom stereocenters. The number of nitrogens with zero attached hydrogens (tertiary/aromatic N) is 1. The molecule has 2 N–H and O–H groups in total. The first-order valence-electron chi connectivity index (χ1n) is 5.66. The maximum absolute atomic E-state index is 6.18. The van der Waals surface area contributed by atoms with Gasteiger partial charge >= 0.3 is 0 Å². The molecule has 0 bridgehead atoms. The van der Waals surface area contributed by atoms with E-state index in [9.17, 15) is 0 Å². The zero-order valence-corrected chi connectivity index (χ0v) is 9.75. The van der Waals surface area contributed by atoms with Crippen LogP contribution in [0.4, 0.5) is 0 Å². The van der Waals surface area contributed by atoms with Crippen molar-refractivity contribution in [2.75, 3.05) is 26.3 Å². The summed E-state index contributed by atoms with van der Waals surface area (Å²) in [4.78, 5) is 2.45. The van der Waals surface area contributed by atoms with Crippen molar-refractivity contribution in [3.05, 3.63) is 0 Å². The van der Waals surface area contributed by atoms with Gasteiger partial charge in [-0.25, -0.2) is 0 Å². The first kappa shape index (κ1) is 12.0. The van der Waals surface area contributed by atoms with Gasteiger partial charge in [-0.3, -0.25) is 4.90 Å². The van der Waals surface area contributed by atoms with E-state index in [1.165, 1.54) is 0 Å². The lowest BCUT2D eigenvalue weighted by Crippen LogP contribution is -2.50. The average Bonchev–Trinajstić information content (AvgIpc) is 2.32. The third-order valence-electron chi connectivity index (χ3n) is 3.09. The average molecular weight is 200 g/mol. The highest BCUT2D eigenvalue weighted by atomic mass is 16.5. The fourth-order valence-electron chi connectivity index (χ4n) is 1.76. The first-order valence-corrected chi connectivity index (χ1v) is 5.66. The fourth-order valence-corrected chi connectivity index (χ4v) is 1.76. The van der Waals surface area contributed by atoms with E-state index in [0.717, 1.165) is 39.1 Å². The maximum Gasteiger partial charge on any atom is 0.0619 e. The van der Waals surface area contributed by atoms with E-state index < -0.39 is 0 Å². The maximum atomic E-state index is 6.18. The molecule has 0 aromatic heterocycles. The van der Waals surface area contributed by atoms with Crippen LogP contribution >= 0.6 is 0 Å². The van der Waals surface area contributed by atoms with Gasteiger partial charge in [0.25, 0.3) is 0 Å². The molecular weight excluding hydrogens is 176 g/mol. The van der Waals surface area contributed by atoms with Crippen molar-refractivity contribution < 1.29 is 4.74 Å². The highest BCUT2D eigenvalue weighted by molar-refractivity contribution is 4.84. The van der Waals surface area contributed by atoms with Gasteiger partial charge in [-0.1, -0.05) is 6.92 Å². The van der Waals surface area contributed by atoms with E-state index in [0.29, 0.717) is 6.04 Å². The van der Waals surface area contributed by atoms with Gasteiger partial charge < -0.3 is 10.5 Å². The quantitative estimate of drug-likeness (QED) is 0.744. The molecule has 1 fully saturated rings. The van der Waals surface area contributed by atoms with Crippen molar-refractivity contribution in [1.82, 2.24) is 4.90 Å². The smallest absolute Gasteiger partial charge is 0.0619 e. The molecule has 0 aromatic rings. The van der Waals surface area contributed by atoms with Crippen LogP contribution in [0.5, 0.6) is 0 Å². The van der Waals surface area contributed by atoms with Crippen LogP contribution in [0, 0.1) is 0 Å². The molecular formula is C11H24N2O. The normalized spacial score (nSPS) is 29.6. The molecule has 1 heterocycles. The van der Waals surface area contributed by atoms with Crippen molar-refractivity contribution in [2.45, 2.75) is 45.2 Å². The number of ether oxygens (including phenoxy) is 1. The third kappa shape index (κ3) is 3.56. The van der Waals surface area contributed by atoms with Crippen molar-refractivity contribution in [3.63, 3.8) is 0 Å². The summed E-state index contributed by atoms with van der Waals surface area (Å²) in [5.74, 6) is 0. The lowest BCUT2D eigenvalue weighted by molar-refractivity contribution is 0.0985. The Kier molecular flexibility index (Phi) is 4.35. The lowest BCUT2D eigenvalue weighted by Gasteiger charge is -2.34. The molecule has 0 saturated carbocycles. The lowest BCUT2D eigenvalue weighted by atomic mass is 9.99. The Morgan fingerprint density at radius 2 is 2.29 bits per heavy atom. The van der Waals surface area contributed by atoms with E-state index in [1.54, 1.807) is 0 Å². The van der Waals surface area contributed by atoms with Crippen LogP contribution in [-0.2, 0) is 4.74 Å². The van der Waals surface area contributed by atoms with E-state index in [-0.39, 0.29) is 5.54 Å². The van der Waals surface area contributed by atoms with Gasteiger partial charge in [0.2, 0.25) is 0 Å². The molecule has 1 rings (SSSR count). The van der Waals surface area contributed by atoms with Crippen LogP contribution in [-0.4, -0.2) is 42.8 Å². The first-order chi connectivity index (χ1) is 6.55. The highest BCUT2D eigenvalue weighted by Gasteiger charge is 2.24. The number of nitrogens with two attached hydrogens (primary N) is 1. The minimum atomic E-state index is -0.0569. The molecule has 3 heteroatoms. The van der Waals surface area contributed by atoms with E-state index in [4.69, 9.17) is 10.5 Å². The Labute approximate surface area is 87.6 Å². The topological polar surface area (TPSA) is 38.5 Å². The van der Waals surface area contributed by atoms with Crippen LogP contribution in [0.25, 0.3) is 0 Å². The molecule has 1 aliphatic rings. The largest absolute Gasteiger partial charge is 0.380 e. The number of hydrogen-bond donors (Lipinski definition) is 1. The molecule has 1 saturated heterocycles. The van der Waals surface area contributed by atoms with E-state index >= 15 is 0 Å². The van der Waals surface area contributed by atoms with Crippen LogP contribution in [0.15, 0.2) is 0 Å². The van der Waals surface area contributed by atoms with Gasteiger partial charge in [-0.15, -0.1) is 0 Å². The van der Waals surface area contributed by atoms with E-state index in [2.05, 4.69) is 25.7 Å². The van der Waals surface area contributed by atoms with Crippen molar-refractivity contribution in [2.24, 2.45) is 5.73 Å². The monoisotopic (exact) mass is 200 g/mol. The van der Waals surface area contributed by atoms with Gasteiger partial charge in [0.05, 0.1) is 6.61 Å². The van der Waals surface area contributed by atoms with Crippen molar-refractivity contribution in [3.8, 4) is 0 Å². The Balaban J connectivity index is 2.48. The fraction of sp³-hybridized carbons (Fsp3) is 1.00. The molecule has 0 aromatic carbocycles. The minimum absolute atomic E-state index is 0.0569. The summed E-state index contributed by atoms with van der Waals surface area (Å²) in [6, 6.07) is 0.506. The van der Waals surface area contributed by atoms with Crippen molar-refractivity contribution >= 4 is 0 Å². The van der Waals surface area contributed by atoms with Crippen molar-refractivity contribution in [1.29, 1.82) is 0 Å². The summed E-state index contributed by atoms with van der Waals surface area (Å²) in [5.41, 5.74) is 6.12. The van der Waals surface area contributed by atoms with E-state index in [1.807, 2.05) is 0 Å². The second-order valence-electron chi connectivity index (χ2n) is 4.76. The molecule has 0 amide bonds. The molecule has 0 spiro atoms. The van der Waals surface area contributed by atoms with Gasteiger partial charge in [-0.05, 0) is 26.7 Å². The van der Waals surface area contributed by atoms with Gasteiger partial charge in [0, 0.05) is 31.3 Å². The second kappa shape index (κ2) is 5.10. The Bertz CT molecular complexity index is 171. The SMILES string of the molecule is CCC(C)(N)CN1CCCOCC1C. The Hall–Kier alpha value is -0.120. The highest BCUT2D eigenvalue weighted by Crippen LogP contribution is 2.13. The summed E-state index contributed by atoms with van der Waals surface area (Å²) in [5, 5.41) is 0. The third-order valence-corrected chi connectivity index (χ3v) is 3.09. The molecule has 1 aliphatic heterocycles. The molecule has 0 aliphatic carbocycles. The van der Waals surface area contributed by atoms with Gasteiger partial charge in [0.1, 0.15) is 0 Å². The number of hydrogen-bond acceptors (Lipinski definition) is 3. The van der Waals surface area contributed by atoms with Gasteiger partial charge in [-0.2, -0.15) is 0 Å². The summed E-state index contributed by atoms with van der Waals surface area (Å²) < 4.78 is 5.50. The standard InChI is InChI=1S/C11H24N2O/c1-4-11(3,12)9-13-6-5-7-14-8-10(13)2/h10H,4-9,12H2,1-3H3. The van der Waals surface area contributed by atoms with Crippen LogP contribution < -0.4 is 5.73 Å². The number of rotatable bonds is 3. The molecule has 2 atom stereocenters. The van der Waals surface area contributed by atoms with Gasteiger partial charge in [0.15, 0.2) is 0 Å². The molecule has 84 valence electrons.